The average Bonchev–Trinajstić information content (AvgIpc) is 3.65. The Kier molecular flexibility index (Phi) is 7.10. The van der Waals surface area contributed by atoms with E-state index in [0.29, 0.717) is 31.0 Å². The second kappa shape index (κ2) is 11.2. The number of ether oxygens (including phenoxy) is 1. The summed E-state index contributed by atoms with van der Waals surface area (Å²) in [5, 5.41) is 1.03. The maximum Gasteiger partial charge on any atom is 0.415 e. The molecular weight excluding hydrogens is 609 g/mol. The lowest BCUT2D eigenvalue weighted by molar-refractivity contribution is 0.0724. The predicted octanol–water partition coefficient (Wildman–Crippen LogP) is 6.01. The number of hydrogen-bond acceptors (Lipinski definition) is 6. The van der Waals surface area contributed by atoms with Crippen molar-refractivity contribution in [2.24, 2.45) is 18.7 Å². The summed E-state index contributed by atoms with van der Waals surface area (Å²) in [5.41, 5.74) is 14.2. The number of nitrogens with two attached hydrogens (primary N) is 1. The molecule has 1 aliphatic carbocycles. The molecule has 248 valence electrons. The van der Waals surface area contributed by atoms with E-state index in [1.807, 2.05) is 52.1 Å². The Balaban J connectivity index is 1.17. The van der Waals surface area contributed by atoms with Crippen molar-refractivity contribution in [1.29, 1.82) is 0 Å². The molecule has 1 saturated carbocycles. The second-order valence-electron chi connectivity index (χ2n) is 14.3. The Morgan fingerprint density at radius 1 is 1.06 bits per heavy atom. The Labute approximate surface area is 278 Å². The molecule has 2 amide bonds. The van der Waals surface area contributed by atoms with Crippen LogP contribution in [0.2, 0.25) is 0 Å². The summed E-state index contributed by atoms with van der Waals surface area (Å²) in [6.07, 6.45) is 2.74. The van der Waals surface area contributed by atoms with Gasteiger partial charge in [0.15, 0.2) is 5.82 Å². The zero-order valence-electron chi connectivity index (χ0n) is 27.8. The Morgan fingerprint density at radius 3 is 2.58 bits per heavy atom. The van der Waals surface area contributed by atoms with Crippen LogP contribution in [0, 0.1) is 12.8 Å². The molecule has 3 aliphatic rings. The number of cyclic esters (lactones) is 1. The van der Waals surface area contributed by atoms with Crippen molar-refractivity contribution >= 4 is 39.8 Å². The lowest BCUT2D eigenvalue weighted by Gasteiger charge is -2.30. The topological polar surface area (TPSA) is 112 Å². The first-order valence-corrected chi connectivity index (χ1v) is 16.7. The lowest BCUT2D eigenvalue weighted by Crippen LogP contribution is -2.45. The van der Waals surface area contributed by atoms with Crippen LogP contribution in [0.1, 0.15) is 48.2 Å². The van der Waals surface area contributed by atoms with Crippen LogP contribution in [0.3, 0.4) is 0 Å². The summed E-state index contributed by atoms with van der Waals surface area (Å²) >= 11 is 0. The summed E-state index contributed by atoms with van der Waals surface area (Å²) in [5.74, 6) is 1.29. The number of alkyl halides is 1. The van der Waals surface area contributed by atoms with E-state index in [1.54, 1.807) is 9.80 Å². The maximum absolute atomic E-state index is 13.3. The molecule has 1 saturated heterocycles. The van der Waals surface area contributed by atoms with Crippen LogP contribution in [0.15, 0.2) is 48.5 Å². The van der Waals surface area contributed by atoms with Gasteiger partial charge in [-0.3, -0.25) is 9.69 Å². The number of aromatic nitrogens is 4. The molecule has 0 unspecified atom stereocenters. The zero-order valence-corrected chi connectivity index (χ0v) is 27.8. The summed E-state index contributed by atoms with van der Waals surface area (Å²) in [6.45, 7) is 7.29. The van der Waals surface area contributed by atoms with Gasteiger partial charge in [0.1, 0.15) is 17.9 Å². The molecule has 0 radical (unpaired) electrons. The highest BCUT2D eigenvalue weighted by Crippen LogP contribution is 2.38. The maximum atomic E-state index is 13.3. The van der Waals surface area contributed by atoms with Crippen LogP contribution < -0.4 is 10.6 Å². The summed E-state index contributed by atoms with van der Waals surface area (Å²) in [6, 6.07) is 15.6. The Morgan fingerprint density at radius 2 is 1.88 bits per heavy atom. The van der Waals surface area contributed by atoms with Crippen LogP contribution in [0.25, 0.3) is 44.8 Å². The molecule has 2 N–H and O–H groups in total. The summed E-state index contributed by atoms with van der Waals surface area (Å²) in [7, 11) is 2.02. The number of fused-ring (bicyclic) bond motifs is 3. The minimum absolute atomic E-state index is 0.124. The third-order valence-electron chi connectivity index (χ3n) is 9.96. The zero-order chi connectivity index (χ0) is 33.5. The molecule has 11 heteroatoms. The van der Waals surface area contributed by atoms with E-state index in [4.69, 9.17) is 20.4 Å². The third-order valence-corrected chi connectivity index (χ3v) is 9.96. The lowest BCUT2D eigenvalue weighted by atomic mass is 9.97. The number of benzene rings is 2. The third kappa shape index (κ3) is 5.20. The van der Waals surface area contributed by atoms with Crippen molar-refractivity contribution in [2.45, 2.75) is 58.2 Å². The molecular formula is C37H40FN7O3. The Hall–Kier alpha value is -4.77. The number of carbonyl (C=O) groups is 2. The first kappa shape index (κ1) is 30.6. The number of rotatable bonds is 8. The molecule has 10 nitrogen and oxygen atoms in total. The van der Waals surface area contributed by atoms with Gasteiger partial charge < -0.3 is 24.5 Å². The number of hydrogen-bond donors (Lipinski definition) is 1. The van der Waals surface area contributed by atoms with Crippen molar-refractivity contribution < 1.29 is 18.7 Å². The van der Waals surface area contributed by atoms with E-state index in [2.05, 4.69) is 33.4 Å². The molecule has 48 heavy (non-hydrogen) atoms. The van der Waals surface area contributed by atoms with Crippen molar-refractivity contribution in [3.63, 3.8) is 0 Å². The van der Waals surface area contributed by atoms with Gasteiger partial charge in [0.2, 0.25) is 0 Å². The van der Waals surface area contributed by atoms with E-state index in [0.717, 1.165) is 68.2 Å². The van der Waals surface area contributed by atoms with Crippen molar-refractivity contribution in [2.75, 3.05) is 31.2 Å². The van der Waals surface area contributed by atoms with Crippen LogP contribution in [0.5, 0.6) is 0 Å². The number of anilines is 1. The summed E-state index contributed by atoms with van der Waals surface area (Å²) in [4.78, 5) is 39.5. The molecule has 0 spiro atoms. The highest BCUT2D eigenvalue weighted by atomic mass is 19.1. The highest BCUT2D eigenvalue weighted by molar-refractivity contribution is 6.01. The molecule has 5 aromatic rings. The van der Waals surface area contributed by atoms with Crippen molar-refractivity contribution in [3.8, 4) is 22.8 Å². The largest absolute Gasteiger partial charge is 0.441 e. The molecule has 5 heterocycles. The quantitative estimate of drug-likeness (QED) is 0.221. The fourth-order valence-electron chi connectivity index (χ4n) is 7.22. The van der Waals surface area contributed by atoms with Crippen molar-refractivity contribution in [1.82, 2.24) is 24.0 Å². The smallest absolute Gasteiger partial charge is 0.415 e. The second-order valence-corrected chi connectivity index (χ2v) is 14.3. The van der Waals surface area contributed by atoms with Gasteiger partial charge in [0.25, 0.3) is 5.91 Å². The van der Waals surface area contributed by atoms with E-state index in [-0.39, 0.29) is 18.5 Å². The number of nitrogens with zero attached hydrogens (tertiary/aromatic N) is 6. The Bertz CT molecular complexity index is 2130. The number of carbonyl (C=O) groups excluding carboxylic acids is 2. The average molecular weight is 650 g/mol. The molecule has 0 bridgehead atoms. The number of halogens is 1. The van der Waals surface area contributed by atoms with Gasteiger partial charge in [-0.15, -0.1) is 0 Å². The molecule has 3 aromatic heterocycles. The molecule has 2 fully saturated rings. The van der Waals surface area contributed by atoms with Crippen LogP contribution in [-0.4, -0.2) is 74.0 Å². The van der Waals surface area contributed by atoms with Gasteiger partial charge in [-0.2, -0.15) is 0 Å². The van der Waals surface area contributed by atoms with E-state index in [9.17, 15) is 14.0 Å². The van der Waals surface area contributed by atoms with Crippen LogP contribution in [0.4, 0.5) is 14.9 Å². The number of pyridine rings is 1. The SMILES string of the molecule is Cc1cc(N2CC(C)(C)OC2=O)ccc1-c1ccc2cc(-c3nc4cc5c(cc4n3C)CCN(C[C@H](N)CF)C5=O)n(CC3CC3)c2n1. The summed E-state index contributed by atoms with van der Waals surface area (Å²) < 4.78 is 23.0. The predicted molar refractivity (Wildman–Crippen MR) is 184 cm³/mol. The van der Waals surface area contributed by atoms with Gasteiger partial charge >= 0.3 is 6.09 Å². The van der Waals surface area contributed by atoms with Crippen LogP contribution in [-0.2, 0) is 24.8 Å². The van der Waals surface area contributed by atoms with Gasteiger partial charge in [0.05, 0.1) is 35.0 Å². The first-order chi connectivity index (χ1) is 23.0. The molecule has 8 rings (SSSR count). The monoisotopic (exact) mass is 649 g/mol. The standard InChI is InChI=1S/C37H40FN7O3/c1-21-13-26(45-20-37(2,3)48-36(45)47)8-9-27(21)29-10-7-24-15-32(44(33(24)40-29)18-22-5-6-22)34-41-30-16-28-23(14-31(30)42(34)4)11-12-43(35(28)46)19-25(39)17-38/h7-10,13-16,22,25H,5-6,11-12,17-20,39H2,1-4H3/t25-/m1/s1. The molecule has 2 aromatic carbocycles. The number of amides is 2. The molecule has 1 atom stereocenters. The minimum Gasteiger partial charge on any atom is -0.441 e. The van der Waals surface area contributed by atoms with Gasteiger partial charge in [0, 0.05) is 48.9 Å². The van der Waals surface area contributed by atoms with Crippen LogP contribution >= 0.6 is 0 Å². The fraction of sp³-hybridized carbons (Fsp3) is 0.405. The first-order valence-electron chi connectivity index (χ1n) is 16.7. The number of imidazole rings is 1. The van der Waals surface area contributed by atoms with Gasteiger partial charge in [-0.25, -0.2) is 19.2 Å². The van der Waals surface area contributed by atoms with E-state index >= 15 is 0 Å². The highest BCUT2D eigenvalue weighted by Gasteiger charge is 2.38. The number of aryl methyl sites for hydroxylation is 2. The van der Waals surface area contributed by atoms with Gasteiger partial charge in [-0.1, -0.05) is 6.07 Å². The van der Waals surface area contributed by atoms with E-state index < -0.39 is 18.3 Å². The van der Waals surface area contributed by atoms with Crippen molar-refractivity contribution in [3.05, 3.63) is 65.2 Å². The fourth-order valence-corrected chi connectivity index (χ4v) is 7.22. The minimum atomic E-state index is -0.685. The van der Waals surface area contributed by atoms with E-state index in [1.165, 1.54) is 12.8 Å². The molecule has 2 aliphatic heterocycles. The normalized spacial score (nSPS) is 18.2. The van der Waals surface area contributed by atoms with Gasteiger partial charge in [-0.05, 0) is 99.5 Å².